The van der Waals surface area contributed by atoms with Crippen LogP contribution in [0, 0.1) is 0 Å². The summed E-state index contributed by atoms with van der Waals surface area (Å²) in [6.45, 7) is 8.40. The van der Waals surface area contributed by atoms with E-state index in [9.17, 15) is 0 Å². The molecule has 5 heteroatoms. The third kappa shape index (κ3) is 4.01. The van der Waals surface area contributed by atoms with Crippen LogP contribution in [-0.2, 0) is 6.54 Å². The minimum atomic E-state index is 0.456. The number of hydrogen-bond acceptors (Lipinski definition) is 4. The lowest BCUT2D eigenvalue weighted by Crippen LogP contribution is -2.41. The van der Waals surface area contributed by atoms with Gasteiger partial charge in [0.15, 0.2) is 0 Å². The fourth-order valence-corrected chi connectivity index (χ4v) is 3.33. The standard InChI is InChI=1S/C14H22ClN3S/c1-10(2)16-7-12-6-14(17-8-13(12)15)18-4-5-19-9-11(18)3/h6,8,10-11,16H,4-5,7,9H2,1-3H3. The Kier molecular flexibility index (Phi) is 5.37. The molecule has 2 heterocycles. The van der Waals surface area contributed by atoms with E-state index in [0.29, 0.717) is 12.1 Å². The van der Waals surface area contributed by atoms with Crippen LogP contribution < -0.4 is 10.2 Å². The molecule has 19 heavy (non-hydrogen) atoms. The molecule has 1 unspecified atom stereocenters. The monoisotopic (exact) mass is 299 g/mol. The summed E-state index contributed by atoms with van der Waals surface area (Å²) in [5.41, 5.74) is 1.13. The van der Waals surface area contributed by atoms with E-state index in [1.54, 1.807) is 6.20 Å². The number of hydrogen-bond donors (Lipinski definition) is 1. The molecule has 3 nitrogen and oxygen atoms in total. The minimum absolute atomic E-state index is 0.456. The Hall–Kier alpha value is -0.450. The van der Waals surface area contributed by atoms with Gasteiger partial charge in [0.1, 0.15) is 5.82 Å². The molecule has 2 rings (SSSR count). The average Bonchev–Trinajstić information content (AvgIpc) is 2.38. The van der Waals surface area contributed by atoms with Crippen molar-refractivity contribution in [3.05, 3.63) is 22.8 Å². The Balaban J connectivity index is 2.15. The van der Waals surface area contributed by atoms with Gasteiger partial charge in [0.2, 0.25) is 0 Å². The van der Waals surface area contributed by atoms with Gasteiger partial charge in [-0.1, -0.05) is 25.4 Å². The van der Waals surface area contributed by atoms with Crippen molar-refractivity contribution in [2.24, 2.45) is 0 Å². The van der Waals surface area contributed by atoms with Gasteiger partial charge in [-0.3, -0.25) is 0 Å². The van der Waals surface area contributed by atoms with Gasteiger partial charge in [-0.2, -0.15) is 11.8 Å². The molecule has 0 aliphatic carbocycles. The fourth-order valence-electron chi connectivity index (χ4n) is 2.14. The van der Waals surface area contributed by atoms with Gasteiger partial charge in [-0.05, 0) is 18.6 Å². The van der Waals surface area contributed by atoms with Crippen molar-refractivity contribution in [1.29, 1.82) is 0 Å². The van der Waals surface area contributed by atoms with Crippen LogP contribution in [0.5, 0.6) is 0 Å². The highest BCUT2D eigenvalue weighted by molar-refractivity contribution is 7.99. The van der Waals surface area contributed by atoms with Gasteiger partial charge in [0, 0.05) is 42.9 Å². The highest BCUT2D eigenvalue weighted by atomic mass is 35.5. The van der Waals surface area contributed by atoms with E-state index < -0.39 is 0 Å². The van der Waals surface area contributed by atoms with Gasteiger partial charge in [-0.25, -0.2) is 4.98 Å². The summed E-state index contributed by atoms with van der Waals surface area (Å²) in [6, 6.07) is 3.13. The van der Waals surface area contributed by atoms with Crippen molar-refractivity contribution in [1.82, 2.24) is 10.3 Å². The third-order valence-electron chi connectivity index (χ3n) is 3.28. The number of nitrogens with one attached hydrogen (secondary N) is 1. The van der Waals surface area contributed by atoms with Gasteiger partial charge < -0.3 is 10.2 Å². The van der Waals surface area contributed by atoms with Crippen LogP contribution in [-0.4, -0.2) is 35.1 Å². The zero-order valence-electron chi connectivity index (χ0n) is 11.8. The molecule has 0 spiro atoms. The zero-order chi connectivity index (χ0) is 13.8. The summed E-state index contributed by atoms with van der Waals surface area (Å²) in [6.07, 6.45) is 1.78. The van der Waals surface area contributed by atoms with Crippen molar-refractivity contribution in [3.63, 3.8) is 0 Å². The predicted octanol–water partition coefficient (Wildman–Crippen LogP) is 3.17. The van der Waals surface area contributed by atoms with Crippen LogP contribution in [0.3, 0.4) is 0 Å². The van der Waals surface area contributed by atoms with Gasteiger partial charge in [-0.15, -0.1) is 0 Å². The fraction of sp³-hybridized carbons (Fsp3) is 0.643. The number of pyridine rings is 1. The summed E-state index contributed by atoms with van der Waals surface area (Å²) >= 11 is 8.24. The average molecular weight is 300 g/mol. The van der Waals surface area contributed by atoms with Crippen LogP contribution in [0.4, 0.5) is 5.82 Å². The van der Waals surface area contributed by atoms with Crippen molar-refractivity contribution in [2.45, 2.75) is 39.4 Å². The lowest BCUT2D eigenvalue weighted by Gasteiger charge is -2.34. The molecule has 1 aliphatic heterocycles. The first kappa shape index (κ1) is 14.9. The second-order valence-electron chi connectivity index (χ2n) is 5.29. The first-order chi connectivity index (χ1) is 9.08. The number of halogens is 1. The third-order valence-corrected chi connectivity index (χ3v) is 4.81. The van der Waals surface area contributed by atoms with Crippen LogP contribution in [0.1, 0.15) is 26.3 Å². The molecule has 1 saturated heterocycles. The van der Waals surface area contributed by atoms with Crippen molar-refractivity contribution >= 4 is 29.2 Å². The summed E-state index contributed by atoms with van der Waals surface area (Å²) in [5, 5.41) is 4.16. The normalized spacial score (nSPS) is 20.1. The van der Waals surface area contributed by atoms with Crippen molar-refractivity contribution in [2.75, 3.05) is 23.0 Å². The number of nitrogens with zero attached hydrogens (tertiary/aromatic N) is 2. The van der Waals surface area contributed by atoms with Gasteiger partial charge in [0.05, 0.1) is 5.02 Å². The first-order valence-corrected chi connectivity index (χ1v) is 8.33. The summed E-state index contributed by atoms with van der Waals surface area (Å²) in [5.74, 6) is 3.40. The van der Waals surface area contributed by atoms with E-state index >= 15 is 0 Å². The minimum Gasteiger partial charge on any atom is -0.352 e. The second-order valence-corrected chi connectivity index (χ2v) is 6.84. The first-order valence-electron chi connectivity index (χ1n) is 6.80. The highest BCUT2D eigenvalue weighted by Crippen LogP contribution is 2.25. The lowest BCUT2D eigenvalue weighted by atomic mass is 10.2. The Morgan fingerprint density at radius 1 is 1.58 bits per heavy atom. The Bertz CT molecular complexity index is 425. The number of thioether (sulfide) groups is 1. The summed E-state index contributed by atoms with van der Waals surface area (Å²) < 4.78 is 0. The largest absolute Gasteiger partial charge is 0.352 e. The lowest BCUT2D eigenvalue weighted by molar-refractivity contribution is 0.588. The molecular weight excluding hydrogens is 278 g/mol. The number of anilines is 1. The molecule has 1 aromatic rings. The van der Waals surface area contributed by atoms with Crippen LogP contribution in [0.2, 0.25) is 5.02 Å². The Morgan fingerprint density at radius 3 is 3.05 bits per heavy atom. The maximum absolute atomic E-state index is 6.23. The van der Waals surface area contributed by atoms with Crippen LogP contribution in [0.15, 0.2) is 12.3 Å². The van der Waals surface area contributed by atoms with Crippen LogP contribution >= 0.6 is 23.4 Å². The van der Waals surface area contributed by atoms with E-state index in [1.807, 2.05) is 11.8 Å². The quantitative estimate of drug-likeness (QED) is 0.924. The Labute approximate surface area is 125 Å². The SMILES string of the molecule is CC(C)NCc1cc(N2CCSCC2C)ncc1Cl. The highest BCUT2D eigenvalue weighted by Gasteiger charge is 2.20. The van der Waals surface area contributed by atoms with E-state index in [2.05, 4.69) is 42.0 Å². The molecule has 0 radical (unpaired) electrons. The maximum Gasteiger partial charge on any atom is 0.129 e. The van der Waals surface area contributed by atoms with E-state index in [0.717, 1.165) is 29.5 Å². The summed E-state index contributed by atoms with van der Waals surface area (Å²) in [4.78, 5) is 6.88. The molecule has 1 atom stereocenters. The molecule has 1 N–H and O–H groups in total. The second kappa shape index (κ2) is 6.82. The Morgan fingerprint density at radius 2 is 2.37 bits per heavy atom. The molecule has 1 aromatic heterocycles. The number of rotatable bonds is 4. The van der Waals surface area contributed by atoms with Crippen molar-refractivity contribution < 1.29 is 0 Å². The van der Waals surface area contributed by atoms with E-state index in [4.69, 9.17) is 11.6 Å². The molecule has 1 fully saturated rings. The molecule has 1 aliphatic rings. The van der Waals surface area contributed by atoms with E-state index in [1.165, 1.54) is 11.5 Å². The predicted molar refractivity (Wildman–Crippen MR) is 85.4 cm³/mol. The van der Waals surface area contributed by atoms with Gasteiger partial charge >= 0.3 is 0 Å². The topological polar surface area (TPSA) is 28.2 Å². The number of aromatic nitrogens is 1. The molecule has 106 valence electrons. The molecule has 0 aromatic carbocycles. The molecule has 0 bridgehead atoms. The van der Waals surface area contributed by atoms with Gasteiger partial charge in [0.25, 0.3) is 0 Å². The zero-order valence-corrected chi connectivity index (χ0v) is 13.4. The van der Waals surface area contributed by atoms with Crippen molar-refractivity contribution in [3.8, 4) is 0 Å². The van der Waals surface area contributed by atoms with E-state index in [-0.39, 0.29) is 0 Å². The maximum atomic E-state index is 6.23. The smallest absolute Gasteiger partial charge is 0.129 e. The van der Waals surface area contributed by atoms with Crippen LogP contribution in [0.25, 0.3) is 0 Å². The molecular formula is C14H22ClN3S. The summed E-state index contributed by atoms with van der Waals surface area (Å²) in [7, 11) is 0. The molecule has 0 amide bonds. The molecule has 0 saturated carbocycles.